The summed E-state index contributed by atoms with van der Waals surface area (Å²) in [5.41, 5.74) is 3.00. The van der Waals surface area contributed by atoms with Gasteiger partial charge in [0, 0.05) is 6.04 Å². The van der Waals surface area contributed by atoms with Gasteiger partial charge in [-0.3, -0.25) is 0 Å². The molecule has 1 nitrogen and oxygen atoms in total. The SMILES string of the molecule is CNC(Cc1ccccc1C)C1C2C3CCC(C3)C21. The highest BCUT2D eigenvalue weighted by molar-refractivity contribution is 5.28. The second-order valence-corrected chi connectivity index (χ2v) is 7.09. The summed E-state index contributed by atoms with van der Waals surface area (Å²) in [6, 6.07) is 9.61. The van der Waals surface area contributed by atoms with Gasteiger partial charge in [-0.1, -0.05) is 24.3 Å². The lowest BCUT2D eigenvalue weighted by Crippen LogP contribution is -2.32. The quantitative estimate of drug-likeness (QED) is 0.869. The summed E-state index contributed by atoms with van der Waals surface area (Å²) in [6.45, 7) is 2.25. The molecule has 1 aromatic rings. The normalized spacial score (nSPS) is 40.2. The highest BCUT2D eigenvalue weighted by Gasteiger charge is 2.66. The Morgan fingerprint density at radius 1 is 1.16 bits per heavy atom. The second-order valence-electron chi connectivity index (χ2n) is 7.09. The number of hydrogen-bond donors (Lipinski definition) is 1. The number of hydrogen-bond acceptors (Lipinski definition) is 1. The smallest absolute Gasteiger partial charge is 0.0138 e. The van der Waals surface area contributed by atoms with Crippen LogP contribution in [0.3, 0.4) is 0 Å². The van der Waals surface area contributed by atoms with Crippen molar-refractivity contribution in [3.8, 4) is 0 Å². The van der Waals surface area contributed by atoms with Crippen LogP contribution in [0.25, 0.3) is 0 Å². The van der Waals surface area contributed by atoms with E-state index < -0.39 is 0 Å². The lowest BCUT2D eigenvalue weighted by Gasteiger charge is -2.21. The van der Waals surface area contributed by atoms with E-state index in [1.807, 2.05) is 0 Å². The zero-order chi connectivity index (χ0) is 13.0. The molecule has 19 heavy (non-hydrogen) atoms. The summed E-state index contributed by atoms with van der Waals surface area (Å²) < 4.78 is 0. The molecular weight excluding hydrogens is 230 g/mol. The van der Waals surface area contributed by atoms with Gasteiger partial charge < -0.3 is 5.32 Å². The van der Waals surface area contributed by atoms with E-state index in [0.717, 1.165) is 29.6 Å². The van der Waals surface area contributed by atoms with Crippen LogP contribution >= 0.6 is 0 Å². The topological polar surface area (TPSA) is 12.0 Å². The molecule has 3 fully saturated rings. The van der Waals surface area contributed by atoms with Gasteiger partial charge in [-0.05, 0) is 80.4 Å². The first-order valence-electron chi connectivity index (χ1n) is 8.01. The summed E-state index contributed by atoms with van der Waals surface area (Å²) in [6.07, 6.45) is 5.85. The van der Waals surface area contributed by atoms with E-state index in [2.05, 4.69) is 43.6 Å². The van der Waals surface area contributed by atoms with Gasteiger partial charge in [0.05, 0.1) is 0 Å². The van der Waals surface area contributed by atoms with E-state index in [1.165, 1.54) is 24.8 Å². The highest BCUT2D eigenvalue weighted by atomic mass is 14.9. The fraction of sp³-hybridized carbons (Fsp3) is 0.667. The Hall–Kier alpha value is -0.820. The first-order chi connectivity index (χ1) is 9.29. The van der Waals surface area contributed by atoms with Crippen molar-refractivity contribution >= 4 is 0 Å². The third-order valence-electron chi connectivity index (χ3n) is 6.33. The number of likely N-dealkylation sites (N-methyl/N-ethyl adjacent to an activating group) is 1. The summed E-state index contributed by atoms with van der Waals surface area (Å²) in [5.74, 6) is 5.33. The zero-order valence-electron chi connectivity index (χ0n) is 12.1. The fourth-order valence-electron chi connectivity index (χ4n) is 5.44. The highest BCUT2D eigenvalue weighted by Crippen LogP contribution is 2.70. The van der Waals surface area contributed by atoms with Crippen molar-refractivity contribution in [2.45, 2.75) is 38.6 Å². The molecular formula is C18H25N. The molecule has 3 aliphatic carbocycles. The molecule has 0 aliphatic heterocycles. The van der Waals surface area contributed by atoms with Gasteiger partial charge in [0.1, 0.15) is 0 Å². The molecule has 3 saturated carbocycles. The van der Waals surface area contributed by atoms with Crippen LogP contribution in [0.15, 0.2) is 24.3 Å². The van der Waals surface area contributed by atoms with Crippen LogP contribution in [0.1, 0.15) is 30.4 Å². The van der Waals surface area contributed by atoms with Crippen LogP contribution < -0.4 is 5.32 Å². The van der Waals surface area contributed by atoms with Gasteiger partial charge in [0.25, 0.3) is 0 Å². The number of nitrogens with one attached hydrogen (secondary N) is 1. The van der Waals surface area contributed by atoms with Crippen molar-refractivity contribution in [2.24, 2.45) is 29.6 Å². The molecule has 5 atom stereocenters. The minimum atomic E-state index is 0.708. The molecule has 2 bridgehead atoms. The van der Waals surface area contributed by atoms with E-state index in [4.69, 9.17) is 0 Å². The molecule has 1 aromatic carbocycles. The first-order valence-corrected chi connectivity index (χ1v) is 8.01. The molecule has 102 valence electrons. The van der Waals surface area contributed by atoms with Crippen LogP contribution in [-0.2, 0) is 6.42 Å². The molecule has 0 aromatic heterocycles. The standard InChI is InChI=1S/C18H25N/c1-11-5-3-4-6-12(11)10-15(19-2)18-16-13-7-8-14(9-13)17(16)18/h3-6,13-19H,7-10H2,1-2H3. The van der Waals surface area contributed by atoms with Gasteiger partial charge in [-0.2, -0.15) is 0 Å². The average Bonchev–Trinajstić information content (AvgIpc) is 2.85. The van der Waals surface area contributed by atoms with Crippen LogP contribution in [0, 0.1) is 36.5 Å². The monoisotopic (exact) mass is 255 g/mol. The summed E-state index contributed by atoms with van der Waals surface area (Å²) in [7, 11) is 2.17. The van der Waals surface area contributed by atoms with Crippen molar-refractivity contribution in [1.82, 2.24) is 5.32 Å². The number of fused-ring (bicyclic) bond motifs is 5. The maximum Gasteiger partial charge on any atom is 0.0138 e. The summed E-state index contributed by atoms with van der Waals surface area (Å²) in [5, 5.41) is 3.64. The molecule has 0 heterocycles. The van der Waals surface area contributed by atoms with Gasteiger partial charge in [0.15, 0.2) is 0 Å². The van der Waals surface area contributed by atoms with Crippen molar-refractivity contribution in [1.29, 1.82) is 0 Å². The molecule has 3 aliphatic rings. The van der Waals surface area contributed by atoms with Crippen LogP contribution in [0.4, 0.5) is 0 Å². The Balaban J connectivity index is 1.50. The lowest BCUT2D eigenvalue weighted by molar-refractivity contribution is 0.376. The molecule has 0 saturated heterocycles. The van der Waals surface area contributed by atoms with Gasteiger partial charge in [-0.15, -0.1) is 0 Å². The van der Waals surface area contributed by atoms with Gasteiger partial charge in [0.2, 0.25) is 0 Å². The van der Waals surface area contributed by atoms with Crippen molar-refractivity contribution < 1.29 is 0 Å². The Morgan fingerprint density at radius 3 is 2.47 bits per heavy atom. The number of rotatable bonds is 4. The molecule has 1 N–H and O–H groups in total. The Kier molecular flexibility index (Phi) is 2.73. The predicted octanol–water partition coefficient (Wildman–Crippen LogP) is 3.42. The molecule has 0 spiro atoms. The fourth-order valence-corrected chi connectivity index (χ4v) is 5.44. The Labute approximate surface area is 116 Å². The molecule has 5 unspecified atom stereocenters. The maximum atomic E-state index is 3.64. The van der Waals surface area contributed by atoms with E-state index >= 15 is 0 Å². The lowest BCUT2D eigenvalue weighted by atomic mass is 9.92. The van der Waals surface area contributed by atoms with Crippen molar-refractivity contribution in [2.75, 3.05) is 7.05 Å². The van der Waals surface area contributed by atoms with Crippen LogP contribution in [-0.4, -0.2) is 13.1 Å². The van der Waals surface area contributed by atoms with Gasteiger partial charge >= 0.3 is 0 Å². The zero-order valence-corrected chi connectivity index (χ0v) is 12.1. The van der Waals surface area contributed by atoms with Crippen LogP contribution in [0.5, 0.6) is 0 Å². The first kappa shape index (κ1) is 12.0. The van der Waals surface area contributed by atoms with E-state index in [9.17, 15) is 0 Å². The van der Waals surface area contributed by atoms with Crippen molar-refractivity contribution in [3.63, 3.8) is 0 Å². The third-order valence-corrected chi connectivity index (χ3v) is 6.33. The van der Waals surface area contributed by atoms with Crippen LogP contribution in [0.2, 0.25) is 0 Å². The Morgan fingerprint density at radius 2 is 1.84 bits per heavy atom. The number of benzene rings is 1. The Bertz CT molecular complexity index is 464. The summed E-state index contributed by atoms with van der Waals surface area (Å²) in [4.78, 5) is 0. The average molecular weight is 255 g/mol. The van der Waals surface area contributed by atoms with E-state index in [-0.39, 0.29) is 0 Å². The van der Waals surface area contributed by atoms with Crippen molar-refractivity contribution in [3.05, 3.63) is 35.4 Å². The number of aryl methyl sites for hydroxylation is 1. The third kappa shape index (κ3) is 1.78. The molecule has 0 amide bonds. The van der Waals surface area contributed by atoms with E-state index in [1.54, 1.807) is 12.0 Å². The maximum absolute atomic E-state index is 3.64. The second kappa shape index (κ2) is 4.34. The summed E-state index contributed by atoms with van der Waals surface area (Å²) >= 11 is 0. The van der Waals surface area contributed by atoms with Gasteiger partial charge in [-0.25, -0.2) is 0 Å². The largest absolute Gasteiger partial charge is 0.316 e. The predicted molar refractivity (Wildman–Crippen MR) is 79.0 cm³/mol. The molecule has 0 radical (unpaired) electrons. The molecule has 4 rings (SSSR count). The minimum Gasteiger partial charge on any atom is -0.316 e. The minimum absolute atomic E-state index is 0.708. The van der Waals surface area contributed by atoms with E-state index in [0.29, 0.717) is 6.04 Å². The molecule has 1 heteroatoms.